The second kappa shape index (κ2) is 6.83. The van der Waals surface area contributed by atoms with E-state index in [1.54, 1.807) is 19.1 Å². The Morgan fingerprint density at radius 3 is 2.73 bits per heavy atom. The molecule has 0 radical (unpaired) electrons. The van der Waals surface area contributed by atoms with Crippen LogP contribution in [0.3, 0.4) is 0 Å². The minimum atomic E-state index is -0.645. The van der Waals surface area contributed by atoms with Crippen LogP contribution in [-0.4, -0.2) is 34.5 Å². The monoisotopic (exact) mass is 305 g/mol. The highest BCUT2D eigenvalue weighted by Crippen LogP contribution is 2.26. The third kappa shape index (κ3) is 3.60. The second-order valence-electron chi connectivity index (χ2n) is 5.60. The Morgan fingerprint density at radius 1 is 1.36 bits per heavy atom. The number of rotatable bonds is 6. The molecule has 1 aromatic carbocycles. The number of benzene rings is 1. The zero-order valence-electron chi connectivity index (χ0n) is 13.5. The van der Waals surface area contributed by atoms with Gasteiger partial charge in [0.1, 0.15) is 5.75 Å². The zero-order valence-corrected chi connectivity index (χ0v) is 13.5. The molecule has 1 atom stereocenters. The van der Waals surface area contributed by atoms with Gasteiger partial charge >= 0.3 is 5.97 Å². The van der Waals surface area contributed by atoms with Gasteiger partial charge in [-0.25, -0.2) is 4.79 Å². The molecule has 0 saturated heterocycles. The summed E-state index contributed by atoms with van der Waals surface area (Å²) in [5.74, 6) is -0.147. The van der Waals surface area contributed by atoms with E-state index in [0.29, 0.717) is 13.0 Å². The lowest BCUT2D eigenvalue weighted by molar-refractivity contribution is -0.159. The molecule has 2 rings (SSSR count). The van der Waals surface area contributed by atoms with Crippen molar-refractivity contribution < 1.29 is 19.4 Å². The van der Waals surface area contributed by atoms with E-state index in [2.05, 4.69) is 0 Å². The van der Waals surface area contributed by atoms with E-state index in [-0.39, 0.29) is 17.8 Å². The van der Waals surface area contributed by atoms with E-state index in [1.165, 1.54) is 0 Å². The van der Waals surface area contributed by atoms with Gasteiger partial charge in [-0.1, -0.05) is 0 Å². The van der Waals surface area contributed by atoms with Gasteiger partial charge in [-0.2, -0.15) is 0 Å². The van der Waals surface area contributed by atoms with Gasteiger partial charge < -0.3 is 19.1 Å². The van der Waals surface area contributed by atoms with Gasteiger partial charge in [0.15, 0.2) is 6.10 Å². The highest BCUT2D eigenvalue weighted by molar-refractivity contribution is 5.86. The third-order valence-corrected chi connectivity index (χ3v) is 3.45. The van der Waals surface area contributed by atoms with Crippen molar-refractivity contribution in [3.05, 3.63) is 30.0 Å². The van der Waals surface area contributed by atoms with Gasteiger partial charge in [-0.05, 0) is 44.5 Å². The number of aryl methyl sites for hydroxylation is 1. The summed E-state index contributed by atoms with van der Waals surface area (Å²) in [6, 6.07) is 5.22. The lowest BCUT2D eigenvalue weighted by Gasteiger charge is -2.18. The molecule has 5 nitrogen and oxygen atoms in total. The van der Waals surface area contributed by atoms with Gasteiger partial charge in [0.05, 0.1) is 12.7 Å². The Hall–Kier alpha value is -2.01. The maximum atomic E-state index is 12.1. The molecule has 0 aliphatic carbocycles. The first kappa shape index (κ1) is 16.4. The maximum Gasteiger partial charge on any atom is 0.335 e. The Labute approximate surface area is 130 Å². The van der Waals surface area contributed by atoms with E-state index in [4.69, 9.17) is 9.47 Å². The summed E-state index contributed by atoms with van der Waals surface area (Å²) in [4.78, 5) is 12.1. The molecule has 0 saturated carbocycles. The zero-order chi connectivity index (χ0) is 16.3. The Bertz CT molecular complexity index is 660. The Balaban J connectivity index is 2.33. The fourth-order valence-corrected chi connectivity index (χ4v) is 2.57. The molecule has 0 spiro atoms. The largest absolute Gasteiger partial charge is 0.508 e. The van der Waals surface area contributed by atoms with Gasteiger partial charge in [0.25, 0.3) is 0 Å². The summed E-state index contributed by atoms with van der Waals surface area (Å²) < 4.78 is 12.8. The number of nitrogens with zero attached hydrogens (tertiary/aromatic N) is 1. The van der Waals surface area contributed by atoms with Crippen molar-refractivity contribution in [1.82, 2.24) is 4.57 Å². The number of esters is 1. The van der Waals surface area contributed by atoms with Crippen LogP contribution in [0.15, 0.2) is 24.4 Å². The van der Waals surface area contributed by atoms with Crippen LogP contribution in [0.5, 0.6) is 5.75 Å². The molecule has 5 heteroatoms. The third-order valence-electron chi connectivity index (χ3n) is 3.45. The molecule has 1 N–H and O–H groups in total. The number of aromatic hydroxyl groups is 1. The van der Waals surface area contributed by atoms with Crippen molar-refractivity contribution in [2.75, 3.05) is 6.61 Å². The number of aromatic nitrogens is 1. The van der Waals surface area contributed by atoms with Gasteiger partial charge in [-0.15, -0.1) is 0 Å². The standard InChI is InChI=1S/C17H23NO4/c1-5-21-17(20)16(22-11(2)3)8-12-10-18(4)15-7-6-13(19)9-14(12)15/h6-7,9-11,16,19H,5,8H2,1-4H3. The molecule has 0 bridgehead atoms. The lowest BCUT2D eigenvalue weighted by Crippen LogP contribution is -2.31. The van der Waals surface area contributed by atoms with Crippen LogP contribution in [0.2, 0.25) is 0 Å². The van der Waals surface area contributed by atoms with Crippen molar-refractivity contribution >= 4 is 16.9 Å². The summed E-state index contributed by atoms with van der Waals surface area (Å²) in [5, 5.41) is 10.6. The van der Waals surface area contributed by atoms with Crippen LogP contribution in [-0.2, 0) is 27.7 Å². The topological polar surface area (TPSA) is 60.7 Å². The fraction of sp³-hybridized carbons (Fsp3) is 0.471. The molecule has 0 amide bonds. The van der Waals surface area contributed by atoms with Crippen LogP contribution in [0.4, 0.5) is 0 Å². The molecule has 0 aliphatic rings. The van der Waals surface area contributed by atoms with E-state index in [1.807, 2.05) is 37.7 Å². The molecule has 2 aromatic rings. The number of phenolic OH excluding ortho intramolecular Hbond substituents is 1. The second-order valence-corrected chi connectivity index (χ2v) is 5.60. The van der Waals surface area contributed by atoms with Crippen molar-refractivity contribution in [2.24, 2.45) is 7.05 Å². The van der Waals surface area contributed by atoms with E-state index in [0.717, 1.165) is 16.5 Å². The maximum absolute atomic E-state index is 12.1. The number of phenols is 1. The van der Waals surface area contributed by atoms with Crippen LogP contribution in [0.1, 0.15) is 26.3 Å². The number of ether oxygens (including phenoxy) is 2. The van der Waals surface area contributed by atoms with E-state index >= 15 is 0 Å². The Morgan fingerprint density at radius 2 is 2.09 bits per heavy atom. The predicted octanol–water partition coefficient (Wildman–Crippen LogP) is 2.78. The van der Waals surface area contributed by atoms with Crippen molar-refractivity contribution in [3.8, 4) is 5.75 Å². The average Bonchev–Trinajstić information content (AvgIpc) is 2.74. The van der Waals surface area contributed by atoms with Gasteiger partial charge in [-0.3, -0.25) is 0 Å². The summed E-state index contributed by atoms with van der Waals surface area (Å²) >= 11 is 0. The summed E-state index contributed by atoms with van der Waals surface area (Å²) in [6.07, 6.45) is 1.66. The van der Waals surface area contributed by atoms with Crippen molar-refractivity contribution in [1.29, 1.82) is 0 Å². The van der Waals surface area contributed by atoms with E-state index in [9.17, 15) is 9.90 Å². The smallest absolute Gasteiger partial charge is 0.335 e. The first-order valence-corrected chi connectivity index (χ1v) is 7.51. The fourth-order valence-electron chi connectivity index (χ4n) is 2.57. The van der Waals surface area contributed by atoms with Crippen LogP contribution in [0, 0.1) is 0 Å². The molecule has 1 aromatic heterocycles. The molecule has 22 heavy (non-hydrogen) atoms. The highest BCUT2D eigenvalue weighted by atomic mass is 16.6. The quantitative estimate of drug-likeness (QED) is 0.834. The van der Waals surface area contributed by atoms with Gasteiger partial charge in [0, 0.05) is 30.6 Å². The minimum Gasteiger partial charge on any atom is -0.508 e. The number of hydrogen-bond acceptors (Lipinski definition) is 4. The minimum absolute atomic E-state index is 0.0715. The molecule has 120 valence electrons. The molecule has 1 unspecified atom stereocenters. The predicted molar refractivity (Wildman–Crippen MR) is 84.9 cm³/mol. The van der Waals surface area contributed by atoms with E-state index < -0.39 is 6.10 Å². The molecular weight excluding hydrogens is 282 g/mol. The molecule has 0 fully saturated rings. The first-order valence-electron chi connectivity index (χ1n) is 7.51. The first-order chi connectivity index (χ1) is 10.4. The lowest BCUT2D eigenvalue weighted by atomic mass is 10.1. The summed E-state index contributed by atoms with van der Waals surface area (Å²) in [7, 11) is 1.94. The normalized spacial score (nSPS) is 12.8. The van der Waals surface area contributed by atoms with Gasteiger partial charge in [0.2, 0.25) is 0 Å². The summed E-state index contributed by atoms with van der Waals surface area (Å²) in [5.41, 5.74) is 1.95. The van der Waals surface area contributed by atoms with Crippen molar-refractivity contribution in [3.63, 3.8) is 0 Å². The number of hydrogen-bond donors (Lipinski definition) is 1. The molecular formula is C17H23NO4. The van der Waals surface area contributed by atoms with Crippen molar-refractivity contribution in [2.45, 2.75) is 39.4 Å². The molecule has 0 aliphatic heterocycles. The number of carbonyl (C=O) groups excluding carboxylic acids is 1. The number of carbonyl (C=O) groups is 1. The average molecular weight is 305 g/mol. The SMILES string of the molecule is CCOC(=O)C(Cc1cn(C)c2ccc(O)cc12)OC(C)C. The van der Waals surface area contributed by atoms with Crippen LogP contribution in [0.25, 0.3) is 10.9 Å². The molecule has 1 heterocycles. The Kier molecular flexibility index (Phi) is 5.08. The summed E-state index contributed by atoms with van der Waals surface area (Å²) in [6.45, 7) is 5.88. The van der Waals surface area contributed by atoms with Crippen LogP contribution < -0.4 is 0 Å². The van der Waals surface area contributed by atoms with Crippen LogP contribution >= 0.6 is 0 Å². The highest BCUT2D eigenvalue weighted by Gasteiger charge is 2.24. The number of fused-ring (bicyclic) bond motifs is 1.